The molecular formula is C22H33NO3. The van der Waals surface area contributed by atoms with Crippen LogP contribution < -0.4 is 5.32 Å². The Morgan fingerprint density at radius 1 is 1.08 bits per heavy atom. The fraction of sp³-hybridized carbons (Fsp3) is 0.909. The zero-order chi connectivity index (χ0) is 18.3. The molecule has 5 rings (SSSR count). The van der Waals surface area contributed by atoms with Crippen LogP contribution in [0.25, 0.3) is 0 Å². The third kappa shape index (κ3) is 2.13. The van der Waals surface area contributed by atoms with E-state index in [2.05, 4.69) is 19.2 Å². The quantitative estimate of drug-likeness (QED) is 0.783. The van der Waals surface area contributed by atoms with E-state index in [0.29, 0.717) is 42.1 Å². The number of carbonyl (C=O) groups is 2. The summed E-state index contributed by atoms with van der Waals surface area (Å²) in [7, 11) is 0. The van der Waals surface area contributed by atoms with Crippen LogP contribution >= 0.6 is 0 Å². The highest BCUT2D eigenvalue weighted by Crippen LogP contribution is 2.72. The van der Waals surface area contributed by atoms with Crippen LogP contribution in [0.2, 0.25) is 0 Å². The van der Waals surface area contributed by atoms with Crippen molar-refractivity contribution in [1.29, 1.82) is 0 Å². The van der Waals surface area contributed by atoms with Gasteiger partial charge in [-0.25, -0.2) is 0 Å². The van der Waals surface area contributed by atoms with Crippen molar-refractivity contribution in [2.24, 2.45) is 39.9 Å². The third-order valence-corrected chi connectivity index (χ3v) is 9.90. The molecule has 4 unspecified atom stereocenters. The van der Waals surface area contributed by atoms with Gasteiger partial charge in [0, 0.05) is 18.9 Å². The molecule has 5 aliphatic rings. The molecule has 0 bridgehead atoms. The SMILES string of the molecule is C[C@]12CCC(=O)NC1C1(CC1)CC1C2CC[C@@]2(C)C1CC[C@@H]2CC(=O)O. The Hall–Kier alpha value is -1.06. The van der Waals surface area contributed by atoms with Gasteiger partial charge in [0.25, 0.3) is 0 Å². The van der Waals surface area contributed by atoms with Crippen molar-refractivity contribution in [3.63, 3.8) is 0 Å². The molecule has 2 N–H and O–H groups in total. The highest BCUT2D eigenvalue weighted by Gasteiger charge is 2.68. The number of hydrogen-bond acceptors (Lipinski definition) is 2. The van der Waals surface area contributed by atoms with E-state index in [0.717, 1.165) is 18.8 Å². The molecule has 4 saturated carbocycles. The molecule has 1 heterocycles. The van der Waals surface area contributed by atoms with Crippen molar-refractivity contribution in [3.8, 4) is 0 Å². The second-order valence-electron chi connectivity index (χ2n) is 10.9. The fourth-order valence-electron chi connectivity index (χ4n) is 8.46. The standard InChI is InChI=1S/C22H33NO3/c1-20-7-5-16-14(15(20)4-3-13(20)11-18(25)26)12-22(9-10-22)19-21(16,2)8-6-17(24)23-19/h13-16,19H,3-12H2,1-2H3,(H,23,24)(H,25,26)/t13-,14?,15?,16?,19?,20-,21-/m1/s1. The van der Waals surface area contributed by atoms with Gasteiger partial charge in [-0.1, -0.05) is 13.8 Å². The van der Waals surface area contributed by atoms with Crippen molar-refractivity contribution in [2.45, 2.75) is 84.1 Å². The lowest BCUT2D eigenvalue weighted by Gasteiger charge is -2.63. The topological polar surface area (TPSA) is 66.4 Å². The average molecular weight is 360 g/mol. The van der Waals surface area contributed by atoms with Gasteiger partial charge in [-0.15, -0.1) is 0 Å². The first-order valence-electron chi connectivity index (χ1n) is 10.8. The summed E-state index contributed by atoms with van der Waals surface area (Å²) in [6, 6.07) is 0.387. The molecule has 5 fully saturated rings. The highest BCUT2D eigenvalue weighted by atomic mass is 16.4. The number of carbonyl (C=O) groups excluding carboxylic acids is 1. The third-order valence-electron chi connectivity index (χ3n) is 9.90. The van der Waals surface area contributed by atoms with E-state index in [9.17, 15) is 14.7 Å². The Morgan fingerprint density at radius 2 is 1.81 bits per heavy atom. The van der Waals surface area contributed by atoms with Crippen LogP contribution in [0, 0.1) is 39.9 Å². The maximum Gasteiger partial charge on any atom is 0.303 e. The summed E-state index contributed by atoms with van der Waals surface area (Å²) in [5, 5.41) is 12.8. The second kappa shape index (κ2) is 5.26. The van der Waals surface area contributed by atoms with E-state index < -0.39 is 5.97 Å². The molecule has 1 spiro atoms. The minimum Gasteiger partial charge on any atom is -0.481 e. The van der Waals surface area contributed by atoms with E-state index in [1.807, 2.05) is 0 Å². The Labute approximate surface area is 156 Å². The van der Waals surface area contributed by atoms with Gasteiger partial charge in [0.15, 0.2) is 0 Å². The second-order valence-corrected chi connectivity index (χ2v) is 10.9. The Morgan fingerprint density at radius 3 is 2.50 bits per heavy atom. The Kier molecular flexibility index (Phi) is 3.45. The first-order valence-corrected chi connectivity index (χ1v) is 10.8. The molecule has 0 aromatic rings. The van der Waals surface area contributed by atoms with Crippen LogP contribution in [0.3, 0.4) is 0 Å². The van der Waals surface area contributed by atoms with Crippen LogP contribution in [0.4, 0.5) is 0 Å². The smallest absolute Gasteiger partial charge is 0.303 e. The first-order chi connectivity index (χ1) is 12.3. The van der Waals surface area contributed by atoms with Gasteiger partial charge >= 0.3 is 5.97 Å². The van der Waals surface area contributed by atoms with E-state index in [1.54, 1.807) is 0 Å². The van der Waals surface area contributed by atoms with Crippen LogP contribution in [0.15, 0.2) is 0 Å². The van der Waals surface area contributed by atoms with Crippen LogP contribution in [-0.4, -0.2) is 23.0 Å². The summed E-state index contributed by atoms with van der Waals surface area (Å²) < 4.78 is 0. The molecule has 7 atom stereocenters. The lowest BCUT2D eigenvalue weighted by molar-refractivity contribution is -0.149. The maximum atomic E-state index is 12.1. The van der Waals surface area contributed by atoms with E-state index in [4.69, 9.17) is 0 Å². The Bertz CT molecular complexity index is 656. The molecular weight excluding hydrogens is 326 g/mol. The lowest BCUT2D eigenvalue weighted by Crippen LogP contribution is -2.65. The number of carboxylic acids is 1. The van der Waals surface area contributed by atoms with Gasteiger partial charge in [0.1, 0.15) is 0 Å². The molecule has 144 valence electrons. The molecule has 0 aromatic heterocycles. The van der Waals surface area contributed by atoms with Gasteiger partial charge in [0.05, 0.1) is 0 Å². The van der Waals surface area contributed by atoms with Crippen LogP contribution in [0.1, 0.15) is 78.1 Å². The van der Waals surface area contributed by atoms with Gasteiger partial charge in [0.2, 0.25) is 5.91 Å². The van der Waals surface area contributed by atoms with E-state index >= 15 is 0 Å². The summed E-state index contributed by atoms with van der Waals surface area (Å²) in [6.45, 7) is 4.88. The van der Waals surface area contributed by atoms with Crippen molar-refractivity contribution >= 4 is 11.9 Å². The zero-order valence-electron chi connectivity index (χ0n) is 16.2. The summed E-state index contributed by atoms with van der Waals surface area (Å²) >= 11 is 0. The molecule has 26 heavy (non-hydrogen) atoms. The van der Waals surface area contributed by atoms with Crippen molar-refractivity contribution in [3.05, 3.63) is 0 Å². The maximum absolute atomic E-state index is 12.1. The fourth-order valence-corrected chi connectivity index (χ4v) is 8.46. The number of carboxylic acid groups (broad SMARTS) is 1. The number of amides is 1. The molecule has 0 aromatic carbocycles. The lowest BCUT2D eigenvalue weighted by atomic mass is 9.44. The number of nitrogens with one attached hydrogen (secondary N) is 1. The zero-order valence-corrected chi connectivity index (χ0v) is 16.2. The first kappa shape index (κ1) is 17.1. The number of rotatable bonds is 2. The van der Waals surface area contributed by atoms with Gasteiger partial charge in [-0.05, 0) is 91.3 Å². The number of hydrogen-bond donors (Lipinski definition) is 2. The summed E-state index contributed by atoms with van der Waals surface area (Å²) in [5.41, 5.74) is 0.825. The minimum absolute atomic E-state index is 0.219. The summed E-state index contributed by atoms with van der Waals surface area (Å²) in [6.07, 6.45) is 10.7. The average Bonchev–Trinajstić information content (AvgIpc) is 3.26. The predicted molar refractivity (Wildman–Crippen MR) is 98.3 cm³/mol. The van der Waals surface area contributed by atoms with Crippen LogP contribution in [0.5, 0.6) is 0 Å². The van der Waals surface area contributed by atoms with Gasteiger partial charge in [-0.2, -0.15) is 0 Å². The van der Waals surface area contributed by atoms with Gasteiger partial charge in [-0.3, -0.25) is 9.59 Å². The van der Waals surface area contributed by atoms with Gasteiger partial charge < -0.3 is 10.4 Å². The number of aliphatic carboxylic acids is 1. The molecule has 4 heteroatoms. The largest absolute Gasteiger partial charge is 0.481 e. The van der Waals surface area contributed by atoms with Crippen molar-refractivity contribution in [1.82, 2.24) is 5.32 Å². The van der Waals surface area contributed by atoms with Crippen molar-refractivity contribution < 1.29 is 14.7 Å². The molecule has 1 amide bonds. The number of piperidine rings is 1. The molecule has 4 aliphatic carbocycles. The molecule has 1 aliphatic heterocycles. The Balaban J connectivity index is 1.48. The minimum atomic E-state index is -0.622. The van der Waals surface area contributed by atoms with Crippen LogP contribution in [-0.2, 0) is 9.59 Å². The highest BCUT2D eigenvalue weighted by molar-refractivity contribution is 5.77. The summed E-state index contributed by atoms with van der Waals surface area (Å²) in [5.74, 6) is 2.15. The monoisotopic (exact) mass is 359 g/mol. The van der Waals surface area contributed by atoms with E-state index in [-0.39, 0.29) is 16.7 Å². The normalized spacial score (nSPS) is 51.2. The van der Waals surface area contributed by atoms with E-state index in [1.165, 1.54) is 38.5 Å². The number of fused-ring (bicyclic) bond motifs is 6. The molecule has 0 radical (unpaired) electrons. The molecule has 4 nitrogen and oxygen atoms in total. The van der Waals surface area contributed by atoms with Crippen molar-refractivity contribution in [2.75, 3.05) is 0 Å². The predicted octanol–water partition coefficient (Wildman–Crippen LogP) is 3.99. The molecule has 1 saturated heterocycles. The summed E-state index contributed by atoms with van der Waals surface area (Å²) in [4.78, 5) is 23.5.